The molecule has 1 aliphatic heterocycles. The molecule has 3 rings (SSSR count). The Hall–Kier alpha value is -3.97. The van der Waals surface area contributed by atoms with Crippen molar-refractivity contribution in [1.29, 1.82) is 10.8 Å². The second-order valence-electron chi connectivity index (χ2n) is 7.73. The largest absolute Gasteiger partial charge is 0.573 e. The van der Waals surface area contributed by atoms with E-state index < -0.39 is 66.0 Å². The number of carbonyl (C=O) groups is 2. The highest BCUT2D eigenvalue weighted by Gasteiger charge is 2.49. The van der Waals surface area contributed by atoms with Crippen LogP contribution in [0.2, 0.25) is 0 Å². The van der Waals surface area contributed by atoms with E-state index in [-0.39, 0.29) is 11.1 Å². The van der Waals surface area contributed by atoms with Crippen LogP contribution in [-0.4, -0.2) is 54.3 Å². The lowest BCUT2D eigenvalue weighted by molar-refractivity contribution is -0.274. The molecule has 14 heteroatoms. The van der Waals surface area contributed by atoms with Crippen LogP contribution in [0.1, 0.15) is 21.8 Å². The van der Waals surface area contributed by atoms with Gasteiger partial charge in [-0.3, -0.25) is 9.59 Å². The summed E-state index contributed by atoms with van der Waals surface area (Å²) in [6, 6.07) is 5.29. The van der Waals surface area contributed by atoms with Crippen LogP contribution in [0.4, 0.5) is 36.4 Å². The molecule has 2 aromatic carbocycles. The summed E-state index contributed by atoms with van der Waals surface area (Å²) in [6.45, 7) is -1.80. The van der Waals surface area contributed by atoms with E-state index in [1.807, 2.05) is 0 Å². The highest BCUT2D eigenvalue weighted by molar-refractivity contribution is 6.05. The predicted octanol–water partition coefficient (Wildman–Crippen LogP) is 4.75. The van der Waals surface area contributed by atoms with Gasteiger partial charge in [-0.2, -0.15) is 13.2 Å². The third-order valence-electron chi connectivity index (χ3n) is 5.27. The maximum atomic E-state index is 13.9. The number of hydrogen-bond acceptors (Lipinski definition) is 5. The zero-order valence-corrected chi connectivity index (χ0v) is 18.0. The highest BCUT2D eigenvalue weighted by Crippen LogP contribution is 2.39. The molecule has 0 bridgehead atoms. The average molecular weight is 518 g/mol. The number of hydrogen-bond donors (Lipinski definition) is 3. The van der Waals surface area contributed by atoms with Crippen molar-refractivity contribution in [2.24, 2.45) is 5.92 Å². The normalized spacial score (nSPS) is 18.8. The SMILES string of the molecule is N=CC(C=N)[C@H]1[C@H](C(=O)Nc2cc(F)cc(OC(F)(F)F)c2)c2ccccc2C(=O)N1CC(F)(F)F. The van der Waals surface area contributed by atoms with E-state index >= 15 is 0 Å². The lowest BCUT2D eigenvalue weighted by Crippen LogP contribution is -2.57. The van der Waals surface area contributed by atoms with Crippen LogP contribution in [0.15, 0.2) is 42.5 Å². The molecule has 36 heavy (non-hydrogen) atoms. The van der Waals surface area contributed by atoms with Crippen LogP contribution < -0.4 is 10.1 Å². The number of halogens is 7. The lowest BCUT2D eigenvalue weighted by Gasteiger charge is -2.43. The van der Waals surface area contributed by atoms with Crippen LogP contribution in [-0.2, 0) is 4.79 Å². The molecule has 0 saturated heterocycles. The Morgan fingerprint density at radius 1 is 1.08 bits per heavy atom. The number of alkyl halides is 6. The summed E-state index contributed by atoms with van der Waals surface area (Å²) < 4.78 is 95.4. The van der Waals surface area contributed by atoms with E-state index in [0.29, 0.717) is 35.5 Å². The molecule has 0 fully saturated rings. The van der Waals surface area contributed by atoms with Crippen LogP contribution in [0.5, 0.6) is 5.75 Å². The van der Waals surface area contributed by atoms with Gasteiger partial charge in [-0.25, -0.2) is 4.39 Å². The van der Waals surface area contributed by atoms with Crippen molar-refractivity contribution in [3.05, 3.63) is 59.4 Å². The summed E-state index contributed by atoms with van der Waals surface area (Å²) >= 11 is 0. The second-order valence-corrected chi connectivity index (χ2v) is 7.73. The first kappa shape index (κ1) is 26.6. The van der Waals surface area contributed by atoms with Gasteiger partial charge >= 0.3 is 12.5 Å². The van der Waals surface area contributed by atoms with Gasteiger partial charge in [-0.15, -0.1) is 13.2 Å². The first-order valence-corrected chi connectivity index (χ1v) is 10.1. The molecule has 192 valence electrons. The quantitative estimate of drug-likeness (QED) is 0.364. The minimum absolute atomic E-state index is 0.0275. The zero-order valence-electron chi connectivity index (χ0n) is 18.0. The summed E-state index contributed by atoms with van der Waals surface area (Å²) in [7, 11) is 0. The summed E-state index contributed by atoms with van der Waals surface area (Å²) in [5, 5.41) is 17.3. The van der Waals surface area contributed by atoms with E-state index in [1.165, 1.54) is 24.3 Å². The Kier molecular flexibility index (Phi) is 7.36. The number of amides is 2. The topological polar surface area (TPSA) is 106 Å². The van der Waals surface area contributed by atoms with Crippen molar-refractivity contribution in [1.82, 2.24) is 4.90 Å². The monoisotopic (exact) mass is 518 g/mol. The van der Waals surface area contributed by atoms with E-state index in [2.05, 4.69) is 10.1 Å². The van der Waals surface area contributed by atoms with Crippen molar-refractivity contribution < 1.29 is 45.1 Å². The first-order valence-electron chi connectivity index (χ1n) is 10.1. The van der Waals surface area contributed by atoms with Gasteiger partial charge in [0.05, 0.1) is 12.0 Å². The molecule has 0 aromatic heterocycles. The fraction of sp³-hybridized carbons (Fsp3) is 0.273. The van der Waals surface area contributed by atoms with Gasteiger partial charge in [-0.05, 0) is 17.7 Å². The van der Waals surface area contributed by atoms with Gasteiger partial charge in [0.2, 0.25) is 5.91 Å². The fourth-order valence-corrected chi connectivity index (χ4v) is 4.01. The number of nitrogens with one attached hydrogen (secondary N) is 3. The van der Waals surface area contributed by atoms with Gasteiger partial charge in [0.15, 0.2) is 0 Å². The summed E-state index contributed by atoms with van der Waals surface area (Å²) in [5.41, 5.74) is -0.775. The van der Waals surface area contributed by atoms with E-state index in [1.54, 1.807) is 0 Å². The number of benzene rings is 2. The highest BCUT2D eigenvalue weighted by atomic mass is 19.4. The average Bonchev–Trinajstić information content (AvgIpc) is 2.74. The predicted molar refractivity (Wildman–Crippen MR) is 113 cm³/mol. The Labute approximate surface area is 198 Å². The molecule has 3 N–H and O–H groups in total. The van der Waals surface area contributed by atoms with Crippen LogP contribution in [0.3, 0.4) is 0 Å². The molecule has 0 unspecified atom stereocenters. The maximum absolute atomic E-state index is 13.9. The molecule has 2 atom stereocenters. The van der Waals surface area contributed by atoms with Crippen LogP contribution in [0.25, 0.3) is 0 Å². The fourth-order valence-electron chi connectivity index (χ4n) is 4.01. The minimum atomic E-state index is -5.16. The lowest BCUT2D eigenvalue weighted by atomic mass is 9.77. The maximum Gasteiger partial charge on any atom is 0.573 e. The number of carbonyl (C=O) groups excluding carboxylic acids is 2. The Balaban J connectivity index is 2.10. The zero-order chi connectivity index (χ0) is 26.8. The van der Waals surface area contributed by atoms with E-state index in [0.717, 1.165) is 0 Å². The van der Waals surface area contributed by atoms with E-state index in [4.69, 9.17) is 10.8 Å². The summed E-state index contributed by atoms with van der Waals surface area (Å²) in [4.78, 5) is 26.6. The third kappa shape index (κ3) is 5.98. The first-order chi connectivity index (χ1) is 16.7. The van der Waals surface area contributed by atoms with Gasteiger partial charge in [-0.1, -0.05) is 18.2 Å². The van der Waals surface area contributed by atoms with Crippen molar-refractivity contribution in [2.45, 2.75) is 24.5 Å². The third-order valence-corrected chi connectivity index (χ3v) is 5.27. The van der Waals surface area contributed by atoms with Crippen LogP contribution in [0, 0.1) is 22.6 Å². The number of fused-ring (bicyclic) bond motifs is 1. The molecule has 2 amide bonds. The van der Waals surface area contributed by atoms with Crippen LogP contribution >= 0.6 is 0 Å². The summed E-state index contributed by atoms with van der Waals surface area (Å²) in [6.07, 6.45) is -8.87. The molecule has 1 heterocycles. The number of rotatable bonds is 7. The molecule has 0 aliphatic carbocycles. The molecule has 0 spiro atoms. The standard InChI is InChI=1S/C22H17F7N4O3/c23-12-5-13(7-14(6-12)36-22(27,28)29)32-19(34)17-15-3-1-2-4-16(15)20(35)33(10-21(24,25)26)18(17)11(8-30)9-31/h1-9,11,17-18,30-31H,10H2,(H,32,34)/t11?,17-,18+/m1/s1. The summed E-state index contributed by atoms with van der Waals surface area (Å²) in [5.74, 6) is -7.44. The molecular formula is C22H17F7N4O3. The Bertz CT molecular complexity index is 1170. The van der Waals surface area contributed by atoms with E-state index in [9.17, 15) is 40.3 Å². The van der Waals surface area contributed by atoms with Gasteiger partial charge in [0.25, 0.3) is 5.91 Å². The number of ether oxygens (including phenoxy) is 1. The van der Waals surface area contributed by atoms with Crippen molar-refractivity contribution in [3.63, 3.8) is 0 Å². The van der Waals surface area contributed by atoms with Gasteiger partial charge < -0.3 is 25.8 Å². The molecule has 1 aliphatic rings. The number of nitrogens with zero attached hydrogens (tertiary/aromatic N) is 1. The van der Waals surface area contributed by atoms with Gasteiger partial charge in [0.1, 0.15) is 18.1 Å². The smallest absolute Gasteiger partial charge is 0.406 e. The second kappa shape index (κ2) is 9.95. The Morgan fingerprint density at radius 2 is 1.72 bits per heavy atom. The molecule has 0 radical (unpaired) electrons. The molecule has 0 saturated carbocycles. The molecule has 2 aromatic rings. The van der Waals surface area contributed by atoms with Gasteiger partial charge in [0, 0.05) is 41.7 Å². The Morgan fingerprint density at radius 3 is 2.31 bits per heavy atom. The minimum Gasteiger partial charge on any atom is -0.406 e. The molecular weight excluding hydrogens is 501 g/mol. The van der Waals surface area contributed by atoms with Crippen molar-refractivity contribution >= 4 is 29.9 Å². The van der Waals surface area contributed by atoms with Crippen molar-refractivity contribution in [3.8, 4) is 5.75 Å². The number of anilines is 1. The molecule has 7 nitrogen and oxygen atoms in total. The van der Waals surface area contributed by atoms with Crippen molar-refractivity contribution in [2.75, 3.05) is 11.9 Å².